The molecule has 11 nitrogen and oxygen atoms in total. The van der Waals surface area contributed by atoms with E-state index in [4.69, 9.17) is 37.4 Å². The van der Waals surface area contributed by atoms with E-state index in [1.807, 2.05) is 53.1 Å². The summed E-state index contributed by atoms with van der Waals surface area (Å²) in [5.74, 6) is -0.124. The number of carboxylic acids is 2. The summed E-state index contributed by atoms with van der Waals surface area (Å²) in [4.78, 5) is 32.2. The van der Waals surface area contributed by atoms with Crippen molar-refractivity contribution in [2.24, 2.45) is 0 Å². The topological polar surface area (TPSA) is 145 Å². The lowest BCUT2D eigenvalue weighted by Gasteiger charge is -2.33. The number of nitrogens with zero attached hydrogens (tertiary/aromatic N) is 4. The Labute approximate surface area is 378 Å². The number of halogens is 2. The number of aliphatic carboxylic acids is 2. The number of carboxylic acid groups (broad SMARTS) is 2. The third-order valence-electron chi connectivity index (χ3n) is 12.3. The molecule has 328 valence electrons. The number of ether oxygens (including phenoxy) is 3. The Morgan fingerprint density at radius 3 is 1.76 bits per heavy atom. The molecule has 2 aliphatic heterocycles. The highest BCUT2D eigenvalue weighted by Crippen LogP contribution is 2.38. The molecule has 4 aromatic carbocycles. The minimum absolute atomic E-state index is 0.137. The monoisotopic (exact) mass is 890 g/mol. The van der Waals surface area contributed by atoms with Crippen LogP contribution in [-0.4, -0.2) is 62.1 Å². The molecule has 2 N–H and O–H groups in total. The summed E-state index contributed by atoms with van der Waals surface area (Å²) in [5, 5.41) is 30.0. The van der Waals surface area contributed by atoms with Crippen LogP contribution >= 0.6 is 23.2 Å². The molecule has 63 heavy (non-hydrogen) atoms. The van der Waals surface area contributed by atoms with E-state index in [0.717, 1.165) is 82.3 Å². The van der Waals surface area contributed by atoms with Crippen LogP contribution in [0.5, 0.6) is 17.2 Å². The van der Waals surface area contributed by atoms with E-state index in [-0.39, 0.29) is 13.2 Å². The number of benzene rings is 4. The van der Waals surface area contributed by atoms with Gasteiger partial charge in [0.05, 0.1) is 15.6 Å². The number of carbonyl (C=O) groups is 2. The van der Waals surface area contributed by atoms with Gasteiger partial charge in [-0.05, 0) is 128 Å². The fraction of sp³-hybridized carbons (Fsp3) is 0.360. The van der Waals surface area contributed by atoms with Crippen molar-refractivity contribution >= 4 is 35.1 Å². The quantitative estimate of drug-likeness (QED) is 0.0976. The van der Waals surface area contributed by atoms with Crippen molar-refractivity contribution in [2.45, 2.75) is 104 Å². The van der Waals surface area contributed by atoms with Crippen LogP contribution in [0.4, 0.5) is 0 Å². The first-order chi connectivity index (χ1) is 30.4. The number of aromatic nitrogens is 1. The molecule has 2 atom stereocenters. The van der Waals surface area contributed by atoms with Crippen LogP contribution in [-0.2, 0) is 42.5 Å². The highest BCUT2D eigenvalue weighted by molar-refractivity contribution is 6.32. The maximum Gasteiger partial charge on any atom is 0.320 e. The molecule has 0 aliphatic carbocycles. The molecule has 7 rings (SSSR count). The van der Waals surface area contributed by atoms with Gasteiger partial charge in [-0.15, -0.1) is 0 Å². The Hall–Kier alpha value is -5.64. The molecule has 2 fully saturated rings. The molecule has 13 heteroatoms. The minimum atomic E-state index is -0.847. The Bertz CT molecular complexity index is 2520. The second-order valence-electron chi connectivity index (χ2n) is 16.5. The molecule has 3 heterocycles. The second kappa shape index (κ2) is 20.7. The first kappa shape index (κ1) is 45.4. The van der Waals surface area contributed by atoms with Crippen molar-refractivity contribution in [3.63, 3.8) is 0 Å². The Kier molecular flexibility index (Phi) is 14.9. The maximum atomic E-state index is 12.1. The third kappa shape index (κ3) is 10.9. The molecule has 0 radical (unpaired) electrons. The molecular formula is C50H52Cl2N4O7. The molecule has 0 amide bonds. The number of likely N-dealkylation sites (tertiary alicyclic amines) is 2. The zero-order valence-electron chi connectivity index (χ0n) is 35.8. The number of nitriles is 1. The van der Waals surface area contributed by atoms with Gasteiger partial charge in [-0.2, -0.15) is 5.26 Å². The van der Waals surface area contributed by atoms with Gasteiger partial charge >= 0.3 is 11.9 Å². The van der Waals surface area contributed by atoms with Gasteiger partial charge in [0.15, 0.2) is 0 Å². The van der Waals surface area contributed by atoms with Crippen molar-refractivity contribution in [3.05, 3.63) is 139 Å². The lowest BCUT2D eigenvalue weighted by atomic mass is 9.92. The highest BCUT2D eigenvalue weighted by atomic mass is 35.5. The summed E-state index contributed by atoms with van der Waals surface area (Å²) in [6.45, 7) is 9.08. The Morgan fingerprint density at radius 2 is 1.21 bits per heavy atom. The minimum Gasteiger partial charge on any atom is -0.488 e. The summed E-state index contributed by atoms with van der Waals surface area (Å²) >= 11 is 13.7. The fourth-order valence-corrected chi connectivity index (χ4v) is 9.12. The van der Waals surface area contributed by atoms with Gasteiger partial charge in [-0.3, -0.25) is 24.4 Å². The van der Waals surface area contributed by atoms with Crippen LogP contribution in [0, 0.1) is 32.1 Å². The van der Waals surface area contributed by atoms with Gasteiger partial charge in [0.1, 0.15) is 55.2 Å². The van der Waals surface area contributed by atoms with Crippen LogP contribution in [0.3, 0.4) is 0 Å². The van der Waals surface area contributed by atoms with E-state index in [1.54, 1.807) is 24.4 Å². The van der Waals surface area contributed by atoms with Gasteiger partial charge in [-0.25, -0.2) is 0 Å². The van der Waals surface area contributed by atoms with Crippen molar-refractivity contribution < 1.29 is 34.0 Å². The normalized spacial score (nSPS) is 16.9. The van der Waals surface area contributed by atoms with Crippen LogP contribution in [0.15, 0.2) is 79.1 Å². The Balaban J connectivity index is 1.07. The van der Waals surface area contributed by atoms with E-state index in [2.05, 4.69) is 37.0 Å². The molecule has 0 bridgehead atoms. The lowest BCUT2D eigenvalue weighted by Crippen LogP contribution is -2.44. The van der Waals surface area contributed by atoms with Crippen LogP contribution in [0.25, 0.3) is 11.1 Å². The van der Waals surface area contributed by atoms with Gasteiger partial charge in [0.2, 0.25) is 0 Å². The zero-order valence-corrected chi connectivity index (χ0v) is 37.3. The SMILES string of the molecule is Cc1cc(OCc2cccc(-c3cccc(COc4cc(OCc5cncc(C#N)c5)c(CN5CCCC[C@H]5C(=O)O)cc4Cl)c3C)c2C)c(Cl)cc1CN1CCCC[C@H]1C(=O)O. The average Bonchev–Trinajstić information content (AvgIpc) is 3.27. The summed E-state index contributed by atoms with van der Waals surface area (Å²) in [7, 11) is 0. The van der Waals surface area contributed by atoms with Crippen molar-refractivity contribution in [1.82, 2.24) is 14.8 Å². The number of aryl methyl sites for hydroxylation is 1. The molecule has 0 saturated carbocycles. The van der Waals surface area contributed by atoms with E-state index >= 15 is 0 Å². The van der Waals surface area contributed by atoms with Gasteiger partial charge in [0.25, 0.3) is 0 Å². The summed E-state index contributed by atoms with van der Waals surface area (Å²) < 4.78 is 19.1. The molecule has 5 aromatic rings. The molecule has 2 saturated heterocycles. The number of hydrogen-bond acceptors (Lipinski definition) is 9. The van der Waals surface area contributed by atoms with Crippen molar-refractivity contribution in [1.29, 1.82) is 5.26 Å². The Morgan fingerprint density at radius 1 is 0.683 bits per heavy atom. The molecule has 0 unspecified atom stereocenters. The van der Waals surface area contributed by atoms with Gasteiger partial charge in [0, 0.05) is 42.7 Å². The number of rotatable bonds is 16. The van der Waals surface area contributed by atoms with E-state index in [1.165, 1.54) is 6.20 Å². The first-order valence-electron chi connectivity index (χ1n) is 21.3. The predicted molar refractivity (Wildman–Crippen MR) is 242 cm³/mol. The molecule has 0 spiro atoms. The summed E-state index contributed by atoms with van der Waals surface area (Å²) in [5.41, 5.74) is 10.1. The van der Waals surface area contributed by atoms with Crippen molar-refractivity contribution in [2.75, 3.05) is 13.1 Å². The van der Waals surface area contributed by atoms with Gasteiger partial charge in [-0.1, -0.05) is 72.4 Å². The summed E-state index contributed by atoms with van der Waals surface area (Å²) in [6, 6.07) is 22.4. The van der Waals surface area contributed by atoms with E-state index in [9.17, 15) is 25.1 Å². The maximum absolute atomic E-state index is 12.1. The summed E-state index contributed by atoms with van der Waals surface area (Å²) in [6.07, 6.45) is 8.03. The predicted octanol–water partition coefficient (Wildman–Crippen LogP) is 10.5. The standard InChI is InChI=1S/C50H52Cl2N4O7/c1-31-18-47(42(51)20-38(31)26-55-16-6-4-14-44(55)49(57)58)62-29-36-10-8-12-40(32(36)2)41-13-9-11-37(33(41)3)30-63-48-22-46(61-28-35-19-34(23-53)24-54-25-35)39(21-43(48)52)27-56-17-7-5-15-45(56)50(59)60/h8-13,18-22,24-25,44-45H,4-7,14-17,26-30H2,1-3H3,(H,57,58)(H,59,60)/t44-,45-/m0/s1. The highest BCUT2D eigenvalue weighted by Gasteiger charge is 2.30. The fourth-order valence-electron chi connectivity index (χ4n) is 8.64. The molecule has 1 aromatic heterocycles. The van der Waals surface area contributed by atoms with Gasteiger partial charge < -0.3 is 24.4 Å². The second-order valence-corrected chi connectivity index (χ2v) is 17.3. The van der Waals surface area contributed by atoms with E-state index in [0.29, 0.717) is 77.5 Å². The number of piperidine rings is 2. The molecular weight excluding hydrogens is 839 g/mol. The molecule has 2 aliphatic rings. The van der Waals surface area contributed by atoms with Crippen LogP contribution in [0.2, 0.25) is 10.0 Å². The smallest absolute Gasteiger partial charge is 0.320 e. The zero-order chi connectivity index (χ0) is 44.6. The van der Waals surface area contributed by atoms with E-state index < -0.39 is 24.0 Å². The first-order valence-corrected chi connectivity index (χ1v) is 22.1. The van der Waals surface area contributed by atoms with Crippen molar-refractivity contribution in [3.8, 4) is 34.4 Å². The third-order valence-corrected chi connectivity index (χ3v) is 12.9. The number of hydrogen-bond donors (Lipinski definition) is 2. The lowest BCUT2D eigenvalue weighted by molar-refractivity contribution is -0.145. The average molecular weight is 892 g/mol. The van der Waals surface area contributed by atoms with Crippen LogP contribution < -0.4 is 14.2 Å². The number of pyridine rings is 1. The largest absolute Gasteiger partial charge is 0.488 e. The van der Waals surface area contributed by atoms with Crippen LogP contribution in [0.1, 0.15) is 88.6 Å².